The predicted molar refractivity (Wildman–Crippen MR) is 52.9 cm³/mol. The molecule has 0 saturated carbocycles. The summed E-state index contributed by atoms with van der Waals surface area (Å²) < 4.78 is 0.884. The minimum Gasteiger partial charge on any atom is -0.383 e. The standard InChI is InChI=1S/C8H8BrN3/c1-4-5-2-3-11-8(5)12-7(10)6(4)9/h2-3H,1H3,(H3,10,11,12). The minimum atomic E-state index is 0.530. The second-order valence-corrected chi connectivity index (χ2v) is 3.47. The van der Waals surface area contributed by atoms with Crippen LogP contribution in [-0.2, 0) is 0 Å². The van der Waals surface area contributed by atoms with E-state index in [2.05, 4.69) is 25.9 Å². The number of aryl methyl sites for hydroxylation is 1. The van der Waals surface area contributed by atoms with Crippen molar-refractivity contribution in [3.63, 3.8) is 0 Å². The van der Waals surface area contributed by atoms with Crippen LogP contribution in [0.3, 0.4) is 0 Å². The molecule has 12 heavy (non-hydrogen) atoms. The van der Waals surface area contributed by atoms with Gasteiger partial charge in [0.1, 0.15) is 11.5 Å². The summed E-state index contributed by atoms with van der Waals surface area (Å²) in [5.74, 6) is 0.530. The summed E-state index contributed by atoms with van der Waals surface area (Å²) in [5, 5.41) is 1.11. The molecule has 0 aromatic carbocycles. The molecule has 0 aliphatic heterocycles. The van der Waals surface area contributed by atoms with E-state index in [-0.39, 0.29) is 0 Å². The molecule has 2 rings (SSSR count). The van der Waals surface area contributed by atoms with Gasteiger partial charge in [0.05, 0.1) is 4.47 Å². The zero-order valence-electron chi connectivity index (χ0n) is 6.56. The normalized spacial score (nSPS) is 10.8. The molecule has 0 aliphatic carbocycles. The molecule has 3 nitrogen and oxygen atoms in total. The van der Waals surface area contributed by atoms with Crippen LogP contribution in [0, 0.1) is 6.92 Å². The largest absolute Gasteiger partial charge is 0.383 e. The molecule has 0 radical (unpaired) electrons. The van der Waals surface area contributed by atoms with Crippen molar-refractivity contribution in [3.8, 4) is 0 Å². The number of halogens is 1. The molecular weight excluding hydrogens is 218 g/mol. The zero-order chi connectivity index (χ0) is 8.72. The molecule has 2 aromatic rings. The van der Waals surface area contributed by atoms with E-state index >= 15 is 0 Å². The third-order valence-electron chi connectivity index (χ3n) is 1.92. The van der Waals surface area contributed by atoms with Crippen LogP contribution >= 0.6 is 15.9 Å². The molecule has 0 spiro atoms. The number of aromatic amines is 1. The monoisotopic (exact) mass is 225 g/mol. The molecule has 2 heterocycles. The fraction of sp³-hybridized carbons (Fsp3) is 0.125. The van der Waals surface area contributed by atoms with Gasteiger partial charge in [0.15, 0.2) is 0 Å². The summed E-state index contributed by atoms with van der Waals surface area (Å²) in [7, 11) is 0. The van der Waals surface area contributed by atoms with E-state index in [4.69, 9.17) is 5.73 Å². The Bertz CT molecular complexity index is 433. The lowest BCUT2D eigenvalue weighted by Gasteiger charge is -2.02. The van der Waals surface area contributed by atoms with Crippen LogP contribution in [0.15, 0.2) is 16.7 Å². The molecule has 0 bridgehead atoms. The third kappa shape index (κ3) is 0.914. The van der Waals surface area contributed by atoms with Gasteiger partial charge in [0.2, 0.25) is 0 Å². The first-order valence-electron chi connectivity index (χ1n) is 3.59. The van der Waals surface area contributed by atoms with E-state index in [1.54, 1.807) is 0 Å². The van der Waals surface area contributed by atoms with Gasteiger partial charge in [-0.2, -0.15) is 0 Å². The van der Waals surface area contributed by atoms with Gasteiger partial charge in [0, 0.05) is 11.6 Å². The highest BCUT2D eigenvalue weighted by molar-refractivity contribution is 9.10. The van der Waals surface area contributed by atoms with E-state index in [1.165, 1.54) is 0 Å². The molecule has 4 heteroatoms. The van der Waals surface area contributed by atoms with Gasteiger partial charge in [-0.15, -0.1) is 0 Å². The van der Waals surface area contributed by atoms with Crippen LogP contribution in [0.5, 0.6) is 0 Å². The van der Waals surface area contributed by atoms with Crippen molar-refractivity contribution in [1.82, 2.24) is 9.97 Å². The maximum absolute atomic E-state index is 5.67. The molecule has 0 saturated heterocycles. The first-order valence-corrected chi connectivity index (χ1v) is 4.38. The summed E-state index contributed by atoms with van der Waals surface area (Å²) in [5.41, 5.74) is 7.63. The third-order valence-corrected chi connectivity index (χ3v) is 2.92. The van der Waals surface area contributed by atoms with Crippen LogP contribution < -0.4 is 5.73 Å². The number of rotatable bonds is 0. The number of H-pyrrole nitrogens is 1. The Morgan fingerprint density at radius 2 is 2.33 bits per heavy atom. The molecule has 0 amide bonds. The van der Waals surface area contributed by atoms with E-state index < -0.39 is 0 Å². The Labute approximate surface area is 78.1 Å². The zero-order valence-corrected chi connectivity index (χ0v) is 8.14. The number of hydrogen-bond acceptors (Lipinski definition) is 2. The highest BCUT2D eigenvalue weighted by Crippen LogP contribution is 2.27. The summed E-state index contributed by atoms with van der Waals surface area (Å²) in [6.45, 7) is 2.01. The number of fused-ring (bicyclic) bond motifs is 1. The molecule has 0 atom stereocenters. The number of nitrogen functional groups attached to an aromatic ring is 1. The van der Waals surface area contributed by atoms with Crippen LogP contribution in [0.1, 0.15) is 5.56 Å². The summed E-state index contributed by atoms with van der Waals surface area (Å²) in [4.78, 5) is 7.19. The molecule has 0 aliphatic rings. The topological polar surface area (TPSA) is 54.7 Å². The quantitative estimate of drug-likeness (QED) is 0.723. The predicted octanol–water partition coefficient (Wildman–Crippen LogP) is 2.22. The van der Waals surface area contributed by atoms with Crippen molar-refractivity contribution in [2.24, 2.45) is 0 Å². The van der Waals surface area contributed by atoms with Crippen LogP contribution in [0.4, 0.5) is 5.82 Å². The number of anilines is 1. The van der Waals surface area contributed by atoms with Crippen molar-refractivity contribution in [1.29, 1.82) is 0 Å². The second kappa shape index (κ2) is 2.48. The molecular formula is C8H8BrN3. The Balaban J connectivity index is 2.94. The fourth-order valence-electron chi connectivity index (χ4n) is 1.24. The average Bonchev–Trinajstić information content (AvgIpc) is 2.48. The number of pyridine rings is 1. The van der Waals surface area contributed by atoms with Crippen molar-refractivity contribution in [2.45, 2.75) is 6.92 Å². The van der Waals surface area contributed by atoms with Gasteiger partial charge in [0.25, 0.3) is 0 Å². The first kappa shape index (κ1) is 7.61. The van der Waals surface area contributed by atoms with Gasteiger partial charge in [-0.1, -0.05) is 0 Å². The Morgan fingerprint density at radius 3 is 3.08 bits per heavy atom. The maximum atomic E-state index is 5.67. The lowest BCUT2D eigenvalue weighted by atomic mass is 10.2. The summed E-state index contributed by atoms with van der Waals surface area (Å²) >= 11 is 3.38. The van der Waals surface area contributed by atoms with Gasteiger partial charge < -0.3 is 10.7 Å². The summed E-state index contributed by atoms with van der Waals surface area (Å²) in [6, 6.07) is 1.99. The van der Waals surface area contributed by atoms with Gasteiger partial charge in [-0.05, 0) is 34.5 Å². The van der Waals surface area contributed by atoms with Crippen molar-refractivity contribution in [3.05, 3.63) is 22.3 Å². The minimum absolute atomic E-state index is 0.530. The van der Waals surface area contributed by atoms with E-state index in [0.29, 0.717) is 5.82 Å². The molecule has 2 aromatic heterocycles. The van der Waals surface area contributed by atoms with Crippen LogP contribution in [-0.4, -0.2) is 9.97 Å². The number of nitrogens with zero attached hydrogens (tertiary/aromatic N) is 1. The van der Waals surface area contributed by atoms with Gasteiger partial charge >= 0.3 is 0 Å². The van der Waals surface area contributed by atoms with E-state index in [9.17, 15) is 0 Å². The first-order chi connectivity index (χ1) is 5.70. The number of nitrogens with one attached hydrogen (secondary N) is 1. The second-order valence-electron chi connectivity index (χ2n) is 2.68. The van der Waals surface area contributed by atoms with Gasteiger partial charge in [-0.3, -0.25) is 0 Å². The SMILES string of the molecule is Cc1c(Br)c(N)nc2[nH]ccc12. The maximum Gasteiger partial charge on any atom is 0.140 e. The Kier molecular flexibility index (Phi) is 1.58. The molecule has 62 valence electrons. The molecule has 0 fully saturated rings. The van der Waals surface area contributed by atoms with Crippen molar-refractivity contribution >= 4 is 32.8 Å². The fourth-order valence-corrected chi connectivity index (χ4v) is 1.54. The lowest BCUT2D eigenvalue weighted by molar-refractivity contribution is 1.30. The van der Waals surface area contributed by atoms with Crippen LogP contribution in [0.25, 0.3) is 11.0 Å². The van der Waals surface area contributed by atoms with Crippen molar-refractivity contribution < 1.29 is 0 Å². The smallest absolute Gasteiger partial charge is 0.140 e. The highest BCUT2D eigenvalue weighted by atomic mass is 79.9. The molecule has 0 unspecified atom stereocenters. The lowest BCUT2D eigenvalue weighted by Crippen LogP contribution is -1.94. The Morgan fingerprint density at radius 1 is 1.58 bits per heavy atom. The molecule has 3 N–H and O–H groups in total. The van der Waals surface area contributed by atoms with Crippen LogP contribution in [0.2, 0.25) is 0 Å². The van der Waals surface area contributed by atoms with E-state index in [0.717, 1.165) is 21.1 Å². The number of aromatic nitrogens is 2. The van der Waals surface area contributed by atoms with E-state index in [1.807, 2.05) is 19.2 Å². The highest BCUT2D eigenvalue weighted by Gasteiger charge is 2.06. The number of nitrogens with two attached hydrogens (primary N) is 1. The van der Waals surface area contributed by atoms with Crippen molar-refractivity contribution in [2.75, 3.05) is 5.73 Å². The summed E-state index contributed by atoms with van der Waals surface area (Å²) in [6.07, 6.45) is 1.86. The Hall–Kier alpha value is -1.03. The van der Waals surface area contributed by atoms with Gasteiger partial charge in [-0.25, -0.2) is 4.98 Å². The average molecular weight is 226 g/mol. The number of hydrogen-bond donors (Lipinski definition) is 2.